The number of nitrogens with zero attached hydrogens (tertiary/aromatic N) is 1. The van der Waals surface area contributed by atoms with Crippen molar-refractivity contribution in [2.24, 2.45) is 0 Å². The van der Waals surface area contributed by atoms with E-state index in [4.69, 9.17) is 4.74 Å². The van der Waals surface area contributed by atoms with E-state index in [1.54, 1.807) is 0 Å². The molecule has 0 radical (unpaired) electrons. The predicted molar refractivity (Wildman–Crippen MR) is 71.3 cm³/mol. The van der Waals surface area contributed by atoms with Gasteiger partial charge in [-0.3, -0.25) is 4.90 Å². The molecule has 0 bridgehead atoms. The molecule has 0 aliphatic carbocycles. The minimum Gasteiger partial charge on any atom is -0.372 e. The first kappa shape index (κ1) is 13.3. The molecule has 2 fully saturated rings. The van der Waals surface area contributed by atoms with Crippen LogP contribution >= 0.6 is 0 Å². The molecular weight excluding hydrogens is 212 g/mol. The van der Waals surface area contributed by atoms with Gasteiger partial charge in [0.2, 0.25) is 0 Å². The summed E-state index contributed by atoms with van der Waals surface area (Å²) in [4.78, 5) is 2.65. The molecule has 3 nitrogen and oxygen atoms in total. The smallest absolute Gasteiger partial charge is 0.0707 e. The first-order chi connectivity index (χ1) is 8.29. The molecule has 17 heavy (non-hydrogen) atoms. The fourth-order valence-corrected chi connectivity index (χ4v) is 3.16. The third-order valence-electron chi connectivity index (χ3n) is 4.26. The van der Waals surface area contributed by atoms with E-state index in [9.17, 15) is 0 Å². The molecule has 3 atom stereocenters. The van der Waals surface area contributed by atoms with Crippen molar-refractivity contribution in [3.63, 3.8) is 0 Å². The van der Waals surface area contributed by atoms with Crippen molar-refractivity contribution >= 4 is 0 Å². The normalized spacial score (nSPS) is 36.0. The minimum atomic E-state index is 0.451. The van der Waals surface area contributed by atoms with Gasteiger partial charge in [-0.05, 0) is 46.2 Å². The van der Waals surface area contributed by atoms with Crippen LogP contribution < -0.4 is 5.32 Å². The summed E-state index contributed by atoms with van der Waals surface area (Å²) >= 11 is 0. The van der Waals surface area contributed by atoms with E-state index >= 15 is 0 Å². The fraction of sp³-hybridized carbons (Fsp3) is 1.00. The van der Waals surface area contributed by atoms with E-state index in [0.717, 1.165) is 19.1 Å². The molecule has 2 rings (SSSR count). The summed E-state index contributed by atoms with van der Waals surface area (Å²) in [6, 6.07) is 0.754. The monoisotopic (exact) mass is 240 g/mol. The molecule has 3 heteroatoms. The van der Waals surface area contributed by atoms with Crippen LogP contribution in [0.1, 0.15) is 45.4 Å². The predicted octanol–water partition coefficient (Wildman–Crippen LogP) is 2.02. The maximum Gasteiger partial charge on any atom is 0.0707 e. The van der Waals surface area contributed by atoms with Crippen LogP contribution in [-0.2, 0) is 4.74 Å². The fourth-order valence-electron chi connectivity index (χ4n) is 3.16. The zero-order chi connectivity index (χ0) is 12.1. The Morgan fingerprint density at radius 3 is 2.76 bits per heavy atom. The van der Waals surface area contributed by atoms with Crippen molar-refractivity contribution in [2.75, 3.05) is 26.7 Å². The van der Waals surface area contributed by atoms with Crippen molar-refractivity contribution < 1.29 is 4.74 Å². The highest BCUT2D eigenvalue weighted by molar-refractivity contribution is 4.80. The Morgan fingerprint density at radius 2 is 1.94 bits per heavy atom. The van der Waals surface area contributed by atoms with Crippen molar-refractivity contribution in [1.29, 1.82) is 0 Å². The largest absolute Gasteiger partial charge is 0.372 e. The molecule has 2 aliphatic heterocycles. The Kier molecular flexibility index (Phi) is 5.26. The maximum atomic E-state index is 6.09. The van der Waals surface area contributed by atoms with Gasteiger partial charge in [0.15, 0.2) is 0 Å². The zero-order valence-electron chi connectivity index (χ0n) is 11.5. The molecule has 100 valence electrons. The average Bonchev–Trinajstić information content (AvgIpc) is 2.65. The summed E-state index contributed by atoms with van der Waals surface area (Å²) < 4.78 is 6.09. The summed E-state index contributed by atoms with van der Waals surface area (Å²) in [5.74, 6) is 0. The highest BCUT2D eigenvalue weighted by Gasteiger charge is 2.28. The Labute approximate surface area is 106 Å². The van der Waals surface area contributed by atoms with Gasteiger partial charge in [0.25, 0.3) is 0 Å². The van der Waals surface area contributed by atoms with Crippen molar-refractivity contribution in [1.82, 2.24) is 10.2 Å². The lowest BCUT2D eigenvalue weighted by atomic mass is 10.1. The number of likely N-dealkylation sites (N-methyl/N-ethyl adjacent to an activating group) is 1. The average molecular weight is 240 g/mol. The molecule has 3 unspecified atom stereocenters. The quantitative estimate of drug-likeness (QED) is 0.813. The van der Waals surface area contributed by atoms with Gasteiger partial charge in [0.1, 0.15) is 0 Å². The van der Waals surface area contributed by atoms with Gasteiger partial charge in [-0.15, -0.1) is 0 Å². The Bertz CT molecular complexity index is 222. The summed E-state index contributed by atoms with van der Waals surface area (Å²) in [5, 5.41) is 3.21. The van der Waals surface area contributed by atoms with E-state index < -0.39 is 0 Å². The van der Waals surface area contributed by atoms with Crippen LogP contribution in [-0.4, -0.2) is 49.8 Å². The van der Waals surface area contributed by atoms with Crippen LogP contribution in [0.4, 0.5) is 0 Å². The molecule has 0 aromatic heterocycles. The van der Waals surface area contributed by atoms with Crippen LogP contribution in [0.5, 0.6) is 0 Å². The Hall–Kier alpha value is -0.120. The zero-order valence-corrected chi connectivity index (χ0v) is 11.5. The van der Waals surface area contributed by atoms with Crippen LogP contribution in [0.2, 0.25) is 0 Å². The number of nitrogens with one attached hydrogen (secondary N) is 1. The highest BCUT2D eigenvalue weighted by atomic mass is 16.5. The third kappa shape index (κ3) is 3.94. The number of likely N-dealkylation sites (tertiary alicyclic amines) is 1. The summed E-state index contributed by atoms with van der Waals surface area (Å²) in [6.07, 6.45) is 8.97. The molecule has 2 saturated heterocycles. The van der Waals surface area contributed by atoms with Crippen LogP contribution in [0.25, 0.3) is 0 Å². The molecule has 2 heterocycles. The number of rotatable bonds is 4. The first-order valence-electron chi connectivity index (χ1n) is 7.33. The highest BCUT2D eigenvalue weighted by Crippen LogP contribution is 2.23. The van der Waals surface area contributed by atoms with Gasteiger partial charge >= 0.3 is 0 Å². The molecule has 2 aliphatic rings. The summed E-state index contributed by atoms with van der Waals surface area (Å²) in [7, 11) is 2.01. The van der Waals surface area contributed by atoms with Crippen molar-refractivity contribution in [3.8, 4) is 0 Å². The molecule has 1 N–H and O–H groups in total. The van der Waals surface area contributed by atoms with Gasteiger partial charge < -0.3 is 10.1 Å². The standard InChI is InChI=1S/C14H28N2O/c1-12-6-4-3-5-9-16(12)11-14-8-7-13(17-14)10-15-2/h12-15H,3-11H2,1-2H3. The number of hydrogen-bond acceptors (Lipinski definition) is 3. The maximum absolute atomic E-state index is 6.09. The Morgan fingerprint density at radius 1 is 1.12 bits per heavy atom. The first-order valence-corrected chi connectivity index (χ1v) is 7.33. The lowest BCUT2D eigenvalue weighted by molar-refractivity contribution is 0.0172. The van der Waals surface area contributed by atoms with E-state index in [1.807, 2.05) is 7.05 Å². The second-order valence-electron chi connectivity index (χ2n) is 5.71. The van der Waals surface area contributed by atoms with Gasteiger partial charge in [-0.2, -0.15) is 0 Å². The van der Waals surface area contributed by atoms with E-state index in [1.165, 1.54) is 45.1 Å². The molecule has 0 aromatic carbocycles. The minimum absolute atomic E-state index is 0.451. The van der Waals surface area contributed by atoms with Crippen LogP contribution in [0.15, 0.2) is 0 Å². The van der Waals surface area contributed by atoms with E-state index in [0.29, 0.717) is 12.2 Å². The number of ether oxygens (including phenoxy) is 1. The molecule has 0 aromatic rings. The molecule has 0 saturated carbocycles. The lowest BCUT2D eigenvalue weighted by Crippen LogP contribution is -2.39. The van der Waals surface area contributed by atoms with Crippen molar-refractivity contribution in [2.45, 2.75) is 63.7 Å². The number of hydrogen-bond donors (Lipinski definition) is 1. The molecular formula is C14H28N2O. The Balaban J connectivity index is 1.76. The van der Waals surface area contributed by atoms with Gasteiger partial charge in [0, 0.05) is 19.1 Å². The topological polar surface area (TPSA) is 24.5 Å². The SMILES string of the molecule is CNCC1CCC(CN2CCCCCC2C)O1. The summed E-state index contributed by atoms with van der Waals surface area (Å²) in [6.45, 7) is 5.82. The van der Waals surface area contributed by atoms with E-state index in [-0.39, 0.29) is 0 Å². The molecule has 0 amide bonds. The summed E-state index contributed by atoms with van der Waals surface area (Å²) in [5.41, 5.74) is 0. The van der Waals surface area contributed by atoms with Gasteiger partial charge in [-0.25, -0.2) is 0 Å². The molecule has 0 spiro atoms. The van der Waals surface area contributed by atoms with Crippen molar-refractivity contribution in [3.05, 3.63) is 0 Å². The van der Waals surface area contributed by atoms with Gasteiger partial charge in [-0.1, -0.05) is 12.8 Å². The lowest BCUT2D eigenvalue weighted by Gasteiger charge is -2.29. The third-order valence-corrected chi connectivity index (χ3v) is 4.26. The van der Waals surface area contributed by atoms with Crippen LogP contribution in [0, 0.1) is 0 Å². The second kappa shape index (κ2) is 6.72. The second-order valence-corrected chi connectivity index (χ2v) is 5.71. The van der Waals surface area contributed by atoms with Crippen LogP contribution in [0.3, 0.4) is 0 Å². The van der Waals surface area contributed by atoms with E-state index in [2.05, 4.69) is 17.1 Å². The van der Waals surface area contributed by atoms with Gasteiger partial charge in [0.05, 0.1) is 12.2 Å².